The molecular weight excluding hydrogens is 685 g/mol. The molecule has 2 aliphatic heterocycles. The summed E-state index contributed by atoms with van der Waals surface area (Å²) in [6.45, 7) is 5.93. The average Bonchev–Trinajstić information content (AvgIpc) is 3.05. The molecule has 0 aliphatic carbocycles. The quantitative estimate of drug-likeness (QED) is 0.0620. The molecular formula is C30H42N5O14P. The number of nitrogens with zero attached hydrogens (tertiary/aromatic N) is 3. The van der Waals surface area contributed by atoms with Crippen LogP contribution in [0.2, 0.25) is 0 Å². The van der Waals surface area contributed by atoms with E-state index >= 15 is 0 Å². The van der Waals surface area contributed by atoms with E-state index in [4.69, 9.17) is 43.0 Å². The molecule has 2 fully saturated rings. The van der Waals surface area contributed by atoms with Crippen LogP contribution in [-0.4, -0.2) is 98.9 Å². The Hall–Kier alpha value is -4.25. The van der Waals surface area contributed by atoms with Crippen LogP contribution in [0, 0.1) is 5.92 Å². The molecule has 1 aromatic rings. The van der Waals surface area contributed by atoms with E-state index in [1.54, 1.807) is 32.0 Å². The van der Waals surface area contributed by atoms with E-state index in [9.17, 15) is 28.5 Å². The Balaban J connectivity index is 2.00. The van der Waals surface area contributed by atoms with Crippen molar-refractivity contribution in [2.45, 2.75) is 90.2 Å². The number of para-hydroxylation sites is 1. The highest BCUT2D eigenvalue weighted by Gasteiger charge is 2.53. The molecule has 20 heteroatoms. The maximum atomic E-state index is 14.2. The first kappa shape index (κ1) is 40.2. The van der Waals surface area contributed by atoms with E-state index < -0.39 is 99.4 Å². The minimum absolute atomic E-state index is 0.0951. The van der Waals surface area contributed by atoms with E-state index in [1.165, 1.54) is 19.1 Å². The van der Waals surface area contributed by atoms with Crippen LogP contribution in [0.5, 0.6) is 5.75 Å². The van der Waals surface area contributed by atoms with Gasteiger partial charge in [-0.25, -0.2) is 4.57 Å². The number of carbonyl (C=O) groups is 5. The monoisotopic (exact) mass is 727 g/mol. The first-order valence-electron chi connectivity index (χ1n) is 15.8. The summed E-state index contributed by atoms with van der Waals surface area (Å²) in [5, 5.41) is 8.20. The molecule has 0 aromatic heterocycles. The zero-order valence-corrected chi connectivity index (χ0v) is 29.1. The largest absolute Gasteiger partial charge is 0.462 e. The van der Waals surface area contributed by atoms with Gasteiger partial charge in [0.05, 0.1) is 18.6 Å². The zero-order valence-electron chi connectivity index (χ0n) is 28.3. The van der Waals surface area contributed by atoms with Gasteiger partial charge in [-0.3, -0.25) is 28.5 Å². The van der Waals surface area contributed by atoms with Crippen LogP contribution in [0.25, 0.3) is 10.4 Å². The number of amides is 1. The second-order valence-corrected chi connectivity index (χ2v) is 13.2. The first-order chi connectivity index (χ1) is 23.7. The van der Waals surface area contributed by atoms with Crippen molar-refractivity contribution in [3.05, 3.63) is 40.8 Å². The summed E-state index contributed by atoms with van der Waals surface area (Å²) < 4.78 is 58.9. The van der Waals surface area contributed by atoms with E-state index in [0.29, 0.717) is 26.1 Å². The fourth-order valence-corrected chi connectivity index (χ4v) is 6.44. The number of esters is 4. The molecule has 1 aromatic carbocycles. The smallest absolute Gasteiger partial charge is 0.459 e. The summed E-state index contributed by atoms with van der Waals surface area (Å²) in [7, 11) is -4.51. The van der Waals surface area contributed by atoms with Crippen LogP contribution in [-0.2, 0) is 61.5 Å². The second-order valence-electron chi connectivity index (χ2n) is 11.5. The lowest BCUT2D eigenvalue weighted by atomic mass is 9.95. The van der Waals surface area contributed by atoms with Crippen molar-refractivity contribution >= 4 is 37.5 Å². The maximum absolute atomic E-state index is 14.2. The van der Waals surface area contributed by atoms with Crippen molar-refractivity contribution in [2.24, 2.45) is 11.0 Å². The molecule has 0 saturated carbocycles. The molecule has 2 aliphatic rings. The van der Waals surface area contributed by atoms with Crippen LogP contribution >= 0.6 is 7.75 Å². The van der Waals surface area contributed by atoms with Crippen LogP contribution < -0.4 is 14.9 Å². The lowest BCUT2D eigenvalue weighted by molar-refractivity contribution is -0.271. The number of benzene rings is 1. The lowest BCUT2D eigenvalue weighted by Crippen LogP contribution is -2.67. The van der Waals surface area contributed by atoms with Crippen LogP contribution in [0.15, 0.2) is 35.4 Å². The Kier molecular flexibility index (Phi) is 15.4. The second kappa shape index (κ2) is 19.2. The maximum Gasteiger partial charge on any atom is 0.459 e. The topological polar surface area (TPSA) is 249 Å². The number of hydrogen-bond donors (Lipinski definition) is 2. The van der Waals surface area contributed by atoms with Gasteiger partial charge in [0.2, 0.25) is 12.2 Å². The Labute approximate surface area is 288 Å². The predicted molar refractivity (Wildman–Crippen MR) is 170 cm³/mol. The third-order valence-corrected chi connectivity index (χ3v) is 8.72. The summed E-state index contributed by atoms with van der Waals surface area (Å²) in [5.41, 5.74) is 8.69. The molecule has 50 heavy (non-hydrogen) atoms. The van der Waals surface area contributed by atoms with Gasteiger partial charge in [-0.1, -0.05) is 23.3 Å². The first-order valence-corrected chi connectivity index (χ1v) is 17.3. The van der Waals surface area contributed by atoms with Crippen molar-refractivity contribution in [3.8, 4) is 5.75 Å². The van der Waals surface area contributed by atoms with Crippen molar-refractivity contribution < 1.29 is 66.0 Å². The fraction of sp³-hybridized carbons (Fsp3) is 0.633. The molecule has 1 amide bonds. The Bertz CT molecular complexity index is 1440. The zero-order chi connectivity index (χ0) is 36.8. The number of azide groups is 1. The molecule has 276 valence electrons. The third kappa shape index (κ3) is 12.6. The Morgan fingerprint density at radius 3 is 2.24 bits per heavy atom. The van der Waals surface area contributed by atoms with Crippen molar-refractivity contribution in [1.82, 2.24) is 10.4 Å². The van der Waals surface area contributed by atoms with E-state index in [1.807, 2.05) is 0 Å². The summed E-state index contributed by atoms with van der Waals surface area (Å²) in [6, 6.07) is 5.16. The highest BCUT2D eigenvalue weighted by molar-refractivity contribution is 7.52. The number of carbonyl (C=O) groups excluding carboxylic acids is 5. The normalized spacial score (nSPS) is 24.0. The minimum atomic E-state index is -4.51. The van der Waals surface area contributed by atoms with Gasteiger partial charge in [0.1, 0.15) is 30.5 Å². The standard InChI is InChI=1S/C30H42N5O14P/c1-17(2)44-28(39)18(3)34-50(41,49-22-9-7-6-8-10-22)43-16-23-26(45-19(4)36)27(46-20(5)37)25(33-24(38)15-32-35-31)30(47-23)48-29(40)21-11-13-42-14-12-21/h6-10,17-18,21,23,25-27,30H,11-16H2,1-5H3,(H,33,38)(H,34,41)/t18-,23+,25-,26+,27+,30?,50?/m0/s1. The van der Waals surface area contributed by atoms with Gasteiger partial charge >= 0.3 is 31.6 Å². The minimum Gasteiger partial charge on any atom is -0.462 e. The van der Waals surface area contributed by atoms with Crippen LogP contribution in [0.3, 0.4) is 0 Å². The Morgan fingerprint density at radius 2 is 1.64 bits per heavy atom. The predicted octanol–water partition coefficient (Wildman–Crippen LogP) is 2.47. The van der Waals surface area contributed by atoms with Gasteiger partial charge in [0, 0.05) is 32.0 Å². The molecule has 0 bridgehead atoms. The molecule has 0 spiro atoms. The van der Waals surface area contributed by atoms with Crippen LogP contribution in [0.1, 0.15) is 47.5 Å². The van der Waals surface area contributed by atoms with E-state index in [0.717, 1.165) is 13.8 Å². The van der Waals surface area contributed by atoms with Crippen molar-refractivity contribution in [3.63, 3.8) is 0 Å². The van der Waals surface area contributed by atoms with Gasteiger partial charge in [-0.15, -0.1) is 0 Å². The van der Waals surface area contributed by atoms with Crippen LogP contribution in [0.4, 0.5) is 0 Å². The molecule has 2 saturated heterocycles. The molecule has 2 heterocycles. The SMILES string of the molecule is CC(=O)O[C@H]1[C@H](OC(C)=O)[C@@H](COP(=O)(N[C@@H](C)C(=O)OC(C)C)Oc2ccccc2)OC(OC(=O)C2CCOCC2)[C@H]1NC(=O)CN=[N+]=[N-]. The molecule has 3 rings (SSSR count). The van der Waals surface area contributed by atoms with Gasteiger partial charge in [0.15, 0.2) is 12.2 Å². The number of rotatable bonds is 16. The van der Waals surface area contributed by atoms with Crippen molar-refractivity contribution in [2.75, 3.05) is 26.4 Å². The summed E-state index contributed by atoms with van der Waals surface area (Å²) >= 11 is 0. The molecule has 2 unspecified atom stereocenters. The summed E-state index contributed by atoms with van der Waals surface area (Å²) in [5.74, 6) is -4.62. The Morgan fingerprint density at radius 1 is 1.00 bits per heavy atom. The summed E-state index contributed by atoms with van der Waals surface area (Å²) in [4.78, 5) is 65.9. The number of hydrogen-bond acceptors (Lipinski definition) is 15. The van der Waals surface area contributed by atoms with Gasteiger partial charge < -0.3 is 38.3 Å². The summed E-state index contributed by atoms with van der Waals surface area (Å²) in [6.07, 6.45) is -6.16. The highest BCUT2D eigenvalue weighted by Crippen LogP contribution is 2.46. The molecule has 7 atom stereocenters. The van der Waals surface area contributed by atoms with Gasteiger partial charge in [-0.2, -0.15) is 5.09 Å². The molecule has 2 N–H and O–H groups in total. The molecule has 19 nitrogen and oxygen atoms in total. The fourth-order valence-electron chi connectivity index (χ4n) is 4.93. The lowest BCUT2D eigenvalue weighted by Gasteiger charge is -2.45. The van der Waals surface area contributed by atoms with Gasteiger partial charge in [0.25, 0.3) is 0 Å². The number of ether oxygens (including phenoxy) is 6. The van der Waals surface area contributed by atoms with E-state index in [-0.39, 0.29) is 5.75 Å². The van der Waals surface area contributed by atoms with Crippen molar-refractivity contribution in [1.29, 1.82) is 0 Å². The average molecular weight is 728 g/mol. The highest BCUT2D eigenvalue weighted by atomic mass is 31.2. The van der Waals surface area contributed by atoms with Gasteiger partial charge in [-0.05, 0) is 51.3 Å². The van der Waals surface area contributed by atoms with E-state index in [2.05, 4.69) is 20.4 Å². The number of nitrogens with one attached hydrogen (secondary N) is 2. The molecule has 0 radical (unpaired) electrons. The third-order valence-electron chi connectivity index (χ3n) is 7.08.